The Morgan fingerprint density at radius 3 is 2.77 bits per heavy atom. The van der Waals surface area contributed by atoms with Crippen LogP contribution >= 0.6 is 0 Å². The van der Waals surface area contributed by atoms with Crippen LogP contribution in [0.4, 0.5) is 5.82 Å². The summed E-state index contributed by atoms with van der Waals surface area (Å²) in [4.78, 5) is 18.8. The van der Waals surface area contributed by atoms with Crippen LogP contribution in [0.15, 0.2) is 18.3 Å². The highest BCUT2D eigenvalue weighted by Crippen LogP contribution is 2.22. The summed E-state index contributed by atoms with van der Waals surface area (Å²) in [7, 11) is 0. The number of carbonyl (C=O) groups is 1. The number of nitrogens with zero attached hydrogens (tertiary/aromatic N) is 2. The number of hydrogen-bond acceptors (Lipinski definition) is 4. The van der Waals surface area contributed by atoms with E-state index in [4.69, 9.17) is 0 Å². The zero-order chi connectivity index (χ0) is 15.9. The molecule has 2 heterocycles. The average molecular weight is 305 g/mol. The standard InChI is InChI=1S/C17H27N3O2/c1-3-4-15(21)12-19-17(22)14-7-9-20(10-8-14)16-6-5-13(2)11-18-16/h5-6,11,14-15,21H,3-4,7-10,12H2,1-2H3,(H,19,22). The molecule has 5 heteroatoms. The van der Waals surface area contributed by atoms with Gasteiger partial charge in [0, 0.05) is 31.7 Å². The van der Waals surface area contributed by atoms with Crippen LogP contribution < -0.4 is 10.2 Å². The van der Waals surface area contributed by atoms with Gasteiger partial charge in [-0.15, -0.1) is 0 Å². The smallest absolute Gasteiger partial charge is 0.223 e. The summed E-state index contributed by atoms with van der Waals surface area (Å²) in [6.45, 7) is 6.13. The molecule has 2 N–H and O–H groups in total. The molecule has 2 rings (SSSR count). The van der Waals surface area contributed by atoms with Crippen LogP contribution in [0.3, 0.4) is 0 Å². The van der Waals surface area contributed by atoms with Crippen molar-refractivity contribution in [3.63, 3.8) is 0 Å². The molecule has 5 nitrogen and oxygen atoms in total. The van der Waals surface area contributed by atoms with Crippen molar-refractivity contribution in [2.45, 2.75) is 45.6 Å². The van der Waals surface area contributed by atoms with Gasteiger partial charge in [0.2, 0.25) is 5.91 Å². The number of aryl methyl sites for hydroxylation is 1. The second-order valence-corrected chi connectivity index (χ2v) is 6.14. The van der Waals surface area contributed by atoms with Crippen LogP contribution in [0, 0.1) is 12.8 Å². The van der Waals surface area contributed by atoms with E-state index in [0.717, 1.165) is 50.2 Å². The van der Waals surface area contributed by atoms with Crippen molar-refractivity contribution in [2.24, 2.45) is 5.92 Å². The zero-order valence-electron chi connectivity index (χ0n) is 13.6. The zero-order valence-corrected chi connectivity index (χ0v) is 13.6. The molecule has 0 spiro atoms. The molecule has 122 valence electrons. The van der Waals surface area contributed by atoms with E-state index in [1.807, 2.05) is 26.1 Å². The fourth-order valence-electron chi connectivity index (χ4n) is 2.82. The maximum Gasteiger partial charge on any atom is 0.223 e. The van der Waals surface area contributed by atoms with Gasteiger partial charge in [-0.3, -0.25) is 4.79 Å². The van der Waals surface area contributed by atoms with E-state index in [2.05, 4.69) is 21.3 Å². The number of piperidine rings is 1. The number of pyridine rings is 1. The van der Waals surface area contributed by atoms with Gasteiger partial charge >= 0.3 is 0 Å². The fraction of sp³-hybridized carbons (Fsp3) is 0.647. The Bertz CT molecular complexity index is 467. The maximum atomic E-state index is 12.1. The molecule has 1 aliphatic rings. The van der Waals surface area contributed by atoms with Gasteiger partial charge in [-0.25, -0.2) is 4.98 Å². The molecule has 1 atom stereocenters. The molecule has 1 aromatic heterocycles. The van der Waals surface area contributed by atoms with E-state index >= 15 is 0 Å². The van der Waals surface area contributed by atoms with Gasteiger partial charge in [-0.2, -0.15) is 0 Å². The molecule has 0 saturated carbocycles. The minimum Gasteiger partial charge on any atom is -0.391 e. The lowest BCUT2D eigenvalue weighted by Crippen LogP contribution is -2.42. The number of amides is 1. The van der Waals surface area contributed by atoms with Gasteiger partial charge in [0.05, 0.1) is 6.10 Å². The molecule has 1 aliphatic heterocycles. The highest BCUT2D eigenvalue weighted by molar-refractivity contribution is 5.79. The highest BCUT2D eigenvalue weighted by atomic mass is 16.3. The summed E-state index contributed by atoms with van der Waals surface area (Å²) < 4.78 is 0. The molecule has 1 unspecified atom stereocenters. The molecular weight excluding hydrogens is 278 g/mol. The number of anilines is 1. The quantitative estimate of drug-likeness (QED) is 0.842. The third-order valence-corrected chi connectivity index (χ3v) is 4.22. The van der Waals surface area contributed by atoms with Crippen molar-refractivity contribution in [3.05, 3.63) is 23.9 Å². The van der Waals surface area contributed by atoms with Crippen LogP contribution in [0.1, 0.15) is 38.2 Å². The first kappa shape index (κ1) is 16.7. The summed E-state index contributed by atoms with van der Waals surface area (Å²) in [6, 6.07) is 4.10. The molecular formula is C17H27N3O2. The predicted octanol–water partition coefficient (Wildman–Crippen LogP) is 1.88. The first-order valence-electron chi connectivity index (χ1n) is 8.23. The monoisotopic (exact) mass is 305 g/mol. The van der Waals surface area contributed by atoms with E-state index in [1.165, 1.54) is 0 Å². The van der Waals surface area contributed by atoms with Crippen molar-refractivity contribution in [2.75, 3.05) is 24.5 Å². The SMILES string of the molecule is CCCC(O)CNC(=O)C1CCN(c2ccc(C)cn2)CC1. The summed E-state index contributed by atoms with van der Waals surface area (Å²) >= 11 is 0. The molecule has 1 fully saturated rings. The van der Waals surface area contributed by atoms with Crippen molar-refractivity contribution < 1.29 is 9.90 Å². The lowest BCUT2D eigenvalue weighted by Gasteiger charge is -2.32. The Labute approximate surface area is 132 Å². The van der Waals surface area contributed by atoms with Gasteiger partial charge in [-0.1, -0.05) is 19.4 Å². The lowest BCUT2D eigenvalue weighted by atomic mass is 9.95. The van der Waals surface area contributed by atoms with Crippen LogP contribution in [-0.4, -0.2) is 41.7 Å². The Hall–Kier alpha value is -1.62. The van der Waals surface area contributed by atoms with Crippen LogP contribution in [0.5, 0.6) is 0 Å². The number of aliphatic hydroxyl groups excluding tert-OH is 1. The summed E-state index contributed by atoms with van der Waals surface area (Å²) in [5.74, 6) is 1.12. The van der Waals surface area contributed by atoms with E-state index < -0.39 is 6.10 Å². The van der Waals surface area contributed by atoms with Crippen molar-refractivity contribution in [1.82, 2.24) is 10.3 Å². The molecule has 0 aromatic carbocycles. The van der Waals surface area contributed by atoms with Gasteiger partial charge in [0.1, 0.15) is 5.82 Å². The Morgan fingerprint density at radius 1 is 1.45 bits per heavy atom. The van der Waals surface area contributed by atoms with Crippen LogP contribution in [-0.2, 0) is 4.79 Å². The van der Waals surface area contributed by atoms with Gasteiger partial charge in [-0.05, 0) is 37.8 Å². The molecule has 0 radical (unpaired) electrons. The number of aliphatic hydroxyl groups is 1. The predicted molar refractivity (Wildman–Crippen MR) is 87.8 cm³/mol. The number of hydrogen-bond donors (Lipinski definition) is 2. The molecule has 0 aliphatic carbocycles. The lowest BCUT2D eigenvalue weighted by molar-refractivity contribution is -0.126. The van der Waals surface area contributed by atoms with E-state index in [-0.39, 0.29) is 11.8 Å². The third-order valence-electron chi connectivity index (χ3n) is 4.22. The van der Waals surface area contributed by atoms with Crippen molar-refractivity contribution >= 4 is 11.7 Å². The Balaban J connectivity index is 1.76. The number of aromatic nitrogens is 1. The average Bonchev–Trinajstić information content (AvgIpc) is 2.54. The summed E-state index contributed by atoms with van der Waals surface area (Å²) in [5.41, 5.74) is 1.16. The molecule has 22 heavy (non-hydrogen) atoms. The number of rotatable bonds is 6. The van der Waals surface area contributed by atoms with Gasteiger partial charge in [0.15, 0.2) is 0 Å². The molecule has 1 amide bonds. The minimum atomic E-state index is -0.425. The second kappa shape index (κ2) is 8.13. The van der Waals surface area contributed by atoms with Crippen molar-refractivity contribution in [1.29, 1.82) is 0 Å². The topological polar surface area (TPSA) is 65.5 Å². The van der Waals surface area contributed by atoms with Gasteiger partial charge in [0.25, 0.3) is 0 Å². The third kappa shape index (κ3) is 4.70. The van der Waals surface area contributed by atoms with Crippen LogP contribution in [0.25, 0.3) is 0 Å². The normalized spacial score (nSPS) is 17.3. The molecule has 0 bridgehead atoms. The summed E-state index contributed by atoms with van der Waals surface area (Å²) in [6.07, 6.45) is 4.79. The van der Waals surface area contributed by atoms with Crippen molar-refractivity contribution in [3.8, 4) is 0 Å². The largest absolute Gasteiger partial charge is 0.391 e. The first-order valence-corrected chi connectivity index (χ1v) is 8.23. The fourth-order valence-corrected chi connectivity index (χ4v) is 2.82. The maximum absolute atomic E-state index is 12.1. The number of carbonyl (C=O) groups excluding carboxylic acids is 1. The second-order valence-electron chi connectivity index (χ2n) is 6.14. The molecule has 1 saturated heterocycles. The van der Waals surface area contributed by atoms with E-state index in [9.17, 15) is 9.90 Å². The van der Waals surface area contributed by atoms with E-state index in [0.29, 0.717) is 6.54 Å². The van der Waals surface area contributed by atoms with Gasteiger partial charge < -0.3 is 15.3 Å². The highest BCUT2D eigenvalue weighted by Gasteiger charge is 2.25. The van der Waals surface area contributed by atoms with E-state index in [1.54, 1.807) is 0 Å². The summed E-state index contributed by atoms with van der Waals surface area (Å²) in [5, 5.41) is 12.6. The van der Waals surface area contributed by atoms with Crippen LogP contribution in [0.2, 0.25) is 0 Å². The Morgan fingerprint density at radius 2 is 2.18 bits per heavy atom. The minimum absolute atomic E-state index is 0.0514. The first-order chi connectivity index (χ1) is 10.6. The Kier molecular flexibility index (Phi) is 6.19. The number of nitrogens with one attached hydrogen (secondary N) is 1. The molecule has 1 aromatic rings.